The molecule has 0 radical (unpaired) electrons. The average molecular weight is 266 g/mol. The van der Waals surface area contributed by atoms with Crippen molar-refractivity contribution in [2.24, 2.45) is 0 Å². The third-order valence-electron chi connectivity index (χ3n) is 2.56. The van der Waals surface area contributed by atoms with Crippen LogP contribution in [0.15, 0.2) is 0 Å². The highest BCUT2D eigenvalue weighted by molar-refractivity contribution is 7.87. The standard InChI is InChI=1S/C10H22N2O4S/c1-12(2)17(13,14)11-6-4-7-15-9-10-5-3-8-16-10/h10-11H,3-9H2,1-2H3/t10-/m1/s1. The van der Waals surface area contributed by atoms with Crippen LogP contribution >= 0.6 is 0 Å². The Hall–Kier alpha value is -0.210. The lowest BCUT2D eigenvalue weighted by Crippen LogP contribution is -2.36. The van der Waals surface area contributed by atoms with Gasteiger partial charge in [-0.3, -0.25) is 0 Å². The van der Waals surface area contributed by atoms with E-state index in [0.717, 1.165) is 23.8 Å². The van der Waals surface area contributed by atoms with Gasteiger partial charge in [-0.2, -0.15) is 12.7 Å². The Morgan fingerprint density at radius 1 is 1.47 bits per heavy atom. The highest BCUT2D eigenvalue weighted by Crippen LogP contribution is 2.11. The first kappa shape index (κ1) is 14.8. The molecule has 1 aliphatic heterocycles. The van der Waals surface area contributed by atoms with Gasteiger partial charge in [0.2, 0.25) is 0 Å². The maximum atomic E-state index is 11.3. The number of rotatable bonds is 8. The van der Waals surface area contributed by atoms with Crippen LogP contribution in [0.1, 0.15) is 19.3 Å². The summed E-state index contributed by atoms with van der Waals surface area (Å²) in [4.78, 5) is 0. The molecule has 0 amide bonds. The lowest BCUT2D eigenvalue weighted by Gasteiger charge is -2.13. The van der Waals surface area contributed by atoms with Crippen molar-refractivity contribution < 1.29 is 17.9 Å². The Morgan fingerprint density at radius 3 is 2.82 bits per heavy atom. The van der Waals surface area contributed by atoms with Crippen LogP contribution in [-0.2, 0) is 19.7 Å². The van der Waals surface area contributed by atoms with E-state index in [-0.39, 0.29) is 6.10 Å². The molecular formula is C10H22N2O4S. The van der Waals surface area contributed by atoms with E-state index >= 15 is 0 Å². The van der Waals surface area contributed by atoms with E-state index in [4.69, 9.17) is 9.47 Å². The molecule has 0 bridgehead atoms. The van der Waals surface area contributed by atoms with Crippen molar-refractivity contribution in [2.75, 3.05) is 40.5 Å². The van der Waals surface area contributed by atoms with Crippen LogP contribution in [0.2, 0.25) is 0 Å². The zero-order valence-electron chi connectivity index (χ0n) is 10.5. The molecule has 1 saturated heterocycles. The molecule has 1 rings (SSSR count). The molecule has 7 heteroatoms. The monoisotopic (exact) mass is 266 g/mol. The van der Waals surface area contributed by atoms with Crippen molar-refractivity contribution in [3.8, 4) is 0 Å². The minimum Gasteiger partial charge on any atom is -0.379 e. The fourth-order valence-electron chi connectivity index (χ4n) is 1.50. The second kappa shape index (κ2) is 7.27. The second-order valence-electron chi connectivity index (χ2n) is 4.25. The number of hydrogen-bond donors (Lipinski definition) is 1. The van der Waals surface area contributed by atoms with Gasteiger partial charge in [-0.25, -0.2) is 4.72 Å². The highest BCUT2D eigenvalue weighted by atomic mass is 32.2. The fourth-order valence-corrected chi connectivity index (χ4v) is 2.16. The SMILES string of the molecule is CN(C)S(=O)(=O)NCCCOC[C@H]1CCCO1. The summed E-state index contributed by atoms with van der Waals surface area (Å²) in [6.07, 6.45) is 3.07. The summed E-state index contributed by atoms with van der Waals surface area (Å²) in [5.41, 5.74) is 0. The van der Waals surface area contributed by atoms with Gasteiger partial charge < -0.3 is 9.47 Å². The van der Waals surface area contributed by atoms with E-state index in [0.29, 0.717) is 26.2 Å². The van der Waals surface area contributed by atoms with Crippen LogP contribution in [0.3, 0.4) is 0 Å². The molecule has 0 aromatic heterocycles. The molecule has 0 spiro atoms. The first-order valence-corrected chi connectivity index (χ1v) is 7.33. The Kier molecular flexibility index (Phi) is 6.35. The molecule has 1 heterocycles. The van der Waals surface area contributed by atoms with Gasteiger partial charge in [0.15, 0.2) is 0 Å². The fraction of sp³-hybridized carbons (Fsp3) is 1.00. The van der Waals surface area contributed by atoms with Crippen LogP contribution in [0, 0.1) is 0 Å². The van der Waals surface area contributed by atoms with Gasteiger partial charge >= 0.3 is 0 Å². The number of hydrogen-bond acceptors (Lipinski definition) is 4. The van der Waals surface area contributed by atoms with Gasteiger partial charge in [0.1, 0.15) is 0 Å². The normalized spacial score (nSPS) is 21.2. The minimum atomic E-state index is -3.30. The van der Waals surface area contributed by atoms with Crippen molar-refractivity contribution in [2.45, 2.75) is 25.4 Å². The van der Waals surface area contributed by atoms with E-state index in [1.807, 2.05) is 0 Å². The van der Waals surface area contributed by atoms with E-state index < -0.39 is 10.2 Å². The van der Waals surface area contributed by atoms with E-state index in [9.17, 15) is 8.42 Å². The third-order valence-corrected chi connectivity index (χ3v) is 4.09. The second-order valence-corrected chi connectivity index (χ2v) is 6.21. The van der Waals surface area contributed by atoms with Gasteiger partial charge in [-0.1, -0.05) is 0 Å². The maximum Gasteiger partial charge on any atom is 0.278 e. The van der Waals surface area contributed by atoms with Crippen LogP contribution in [-0.4, -0.2) is 59.3 Å². The molecule has 1 N–H and O–H groups in total. The Bertz CT molecular complexity index is 299. The van der Waals surface area contributed by atoms with Crippen molar-refractivity contribution >= 4 is 10.2 Å². The molecule has 0 aliphatic carbocycles. The Balaban J connectivity index is 1.97. The molecule has 0 saturated carbocycles. The molecular weight excluding hydrogens is 244 g/mol. The highest BCUT2D eigenvalue weighted by Gasteiger charge is 2.15. The quantitative estimate of drug-likeness (QED) is 0.626. The van der Waals surface area contributed by atoms with Gasteiger partial charge in [-0.15, -0.1) is 0 Å². The lowest BCUT2D eigenvalue weighted by molar-refractivity contribution is 0.0169. The van der Waals surface area contributed by atoms with Crippen molar-refractivity contribution in [1.29, 1.82) is 0 Å². The minimum absolute atomic E-state index is 0.230. The Labute approximate surface area is 103 Å². The zero-order chi connectivity index (χ0) is 12.7. The van der Waals surface area contributed by atoms with Gasteiger partial charge in [0.05, 0.1) is 12.7 Å². The first-order valence-electron chi connectivity index (χ1n) is 5.89. The molecule has 6 nitrogen and oxygen atoms in total. The van der Waals surface area contributed by atoms with E-state index in [2.05, 4.69) is 4.72 Å². The predicted octanol–water partition coefficient (Wildman–Crippen LogP) is -0.0319. The Morgan fingerprint density at radius 2 is 2.24 bits per heavy atom. The molecule has 0 unspecified atom stereocenters. The summed E-state index contributed by atoms with van der Waals surface area (Å²) in [6.45, 7) is 2.39. The molecule has 1 atom stereocenters. The van der Waals surface area contributed by atoms with Gasteiger partial charge in [0.25, 0.3) is 10.2 Å². The average Bonchev–Trinajstić information content (AvgIpc) is 2.75. The molecule has 102 valence electrons. The molecule has 0 aromatic carbocycles. The first-order chi connectivity index (χ1) is 8.02. The molecule has 1 aliphatic rings. The van der Waals surface area contributed by atoms with Crippen LogP contribution < -0.4 is 4.72 Å². The number of nitrogens with zero attached hydrogens (tertiary/aromatic N) is 1. The third kappa shape index (κ3) is 5.78. The summed E-state index contributed by atoms with van der Waals surface area (Å²) in [7, 11) is -0.305. The lowest BCUT2D eigenvalue weighted by atomic mass is 10.2. The summed E-state index contributed by atoms with van der Waals surface area (Å²) in [6, 6.07) is 0. The van der Waals surface area contributed by atoms with Crippen molar-refractivity contribution in [3.05, 3.63) is 0 Å². The predicted molar refractivity (Wildman–Crippen MR) is 65.0 cm³/mol. The summed E-state index contributed by atoms with van der Waals surface area (Å²) < 4.78 is 37.1. The summed E-state index contributed by atoms with van der Waals surface area (Å²) >= 11 is 0. The zero-order valence-corrected chi connectivity index (χ0v) is 11.3. The van der Waals surface area contributed by atoms with Crippen LogP contribution in [0.4, 0.5) is 0 Å². The number of nitrogens with one attached hydrogen (secondary N) is 1. The maximum absolute atomic E-state index is 11.3. The van der Waals surface area contributed by atoms with E-state index in [1.165, 1.54) is 14.1 Å². The van der Waals surface area contributed by atoms with E-state index in [1.54, 1.807) is 0 Å². The molecule has 0 aromatic rings. The summed E-state index contributed by atoms with van der Waals surface area (Å²) in [5, 5.41) is 0. The van der Waals surface area contributed by atoms with Crippen molar-refractivity contribution in [1.82, 2.24) is 9.03 Å². The summed E-state index contributed by atoms with van der Waals surface area (Å²) in [5.74, 6) is 0. The molecule has 1 fully saturated rings. The van der Waals surface area contributed by atoms with Crippen LogP contribution in [0.5, 0.6) is 0 Å². The van der Waals surface area contributed by atoms with Crippen LogP contribution in [0.25, 0.3) is 0 Å². The van der Waals surface area contributed by atoms with Gasteiger partial charge in [-0.05, 0) is 19.3 Å². The molecule has 17 heavy (non-hydrogen) atoms. The topological polar surface area (TPSA) is 67.9 Å². The van der Waals surface area contributed by atoms with Gasteiger partial charge in [0, 0.05) is 33.9 Å². The van der Waals surface area contributed by atoms with Crippen molar-refractivity contribution in [3.63, 3.8) is 0 Å². The largest absolute Gasteiger partial charge is 0.379 e. The number of ether oxygens (including phenoxy) is 2. The smallest absolute Gasteiger partial charge is 0.278 e.